The van der Waals surface area contributed by atoms with Gasteiger partial charge in [-0.3, -0.25) is 13.9 Å². The molecule has 0 fully saturated rings. The Labute approximate surface area is 242 Å². The van der Waals surface area contributed by atoms with Crippen LogP contribution in [-0.2, 0) is 18.9 Å². The van der Waals surface area contributed by atoms with E-state index in [-0.39, 0.29) is 43.5 Å². The molecule has 3 aromatic rings. The first-order chi connectivity index (χ1) is 19.4. The fourth-order valence-corrected chi connectivity index (χ4v) is 5.20. The van der Waals surface area contributed by atoms with Crippen molar-refractivity contribution >= 4 is 34.3 Å². The summed E-state index contributed by atoms with van der Waals surface area (Å²) in [4.78, 5) is 27.5. The van der Waals surface area contributed by atoms with Crippen LogP contribution in [0, 0.1) is 11.6 Å². The van der Waals surface area contributed by atoms with Crippen molar-refractivity contribution in [2.45, 2.75) is 36.8 Å². The van der Waals surface area contributed by atoms with Crippen LogP contribution in [0.25, 0.3) is 5.69 Å². The molecule has 1 atom stereocenters. The standard InChI is InChI=1S/C25H23ClF8N4O3S/c1-4-37(17-6-5-16(27)19(26)20(17)28)23(41)42-21-15(25(32,33)34)9-13(24(29,30)31)10-18(21)38-8-7-36(22(38)40)12-14(39)11-35(2)3/h5-10,14,39H,4,11-12H2,1-3H3. The van der Waals surface area contributed by atoms with Gasteiger partial charge >= 0.3 is 18.0 Å². The summed E-state index contributed by atoms with van der Waals surface area (Å²) in [6.45, 7) is 0.704. The van der Waals surface area contributed by atoms with E-state index in [0.29, 0.717) is 9.47 Å². The lowest BCUT2D eigenvalue weighted by atomic mass is 10.1. The molecule has 230 valence electrons. The number of nitrogens with zero attached hydrogens (tertiary/aromatic N) is 4. The van der Waals surface area contributed by atoms with Crippen molar-refractivity contribution in [1.29, 1.82) is 0 Å². The fourth-order valence-electron chi connectivity index (χ4n) is 3.98. The van der Waals surface area contributed by atoms with Crippen molar-refractivity contribution in [3.05, 3.63) is 74.9 Å². The lowest BCUT2D eigenvalue weighted by Gasteiger charge is -2.24. The summed E-state index contributed by atoms with van der Waals surface area (Å²) in [6.07, 6.45) is -9.88. The molecule has 0 saturated heterocycles. The Morgan fingerprint density at radius 2 is 1.71 bits per heavy atom. The Morgan fingerprint density at radius 1 is 1.07 bits per heavy atom. The SMILES string of the molecule is CCN(C(=O)Sc1c(-n2ccn(CC(O)CN(C)C)c2=O)cc(C(F)(F)F)cc1C(F)(F)F)c1ccc(F)c(Cl)c1F. The maximum absolute atomic E-state index is 14.7. The van der Waals surface area contributed by atoms with Gasteiger partial charge in [0.05, 0.1) is 40.0 Å². The number of imidazole rings is 1. The van der Waals surface area contributed by atoms with Crippen LogP contribution in [0.5, 0.6) is 0 Å². The van der Waals surface area contributed by atoms with Crippen molar-refractivity contribution in [1.82, 2.24) is 14.0 Å². The second-order valence-corrected chi connectivity index (χ2v) is 10.5. The molecule has 0 aliphatic rings. The monoisotopic (exact) mass is 646 g/mol. The number of anilines is 1. The summed E-state index contributed by atoms with van der Waals surface area (Å²) < 4.78 is 113. The van der Waals surface area contributed by atoms with E-state index in [0.717, 1.165) is 29.1 Å². The van der Waals surface area contributed by atoms with Gasteiger partial charge in [-0.15, -0.1) is 0 Å². The third kappa shape index (κ3) is 7.27. The molecule has 0 bridgehead atoms. The highest BCUT2D eigenvalue weighted by atomic mass is 35.5. The van der Waals surface area contributed by atoms with Gasteiger partial charge < -0.3 is 14.9 Å². The molecule has 3 rings (SSSR count). The summed E-state index contributed by atoms with van der Waals surface area (Å²) in [5.74, 6) is -2.56. The number of halogens is 9. The van der Waals surface area contributed by atoms with Crippen molar-refractivity contribution in [2.24, 2.45) is 0 Å². The number of aliphatic hydroxyl groups is 1. The zero-order chi connectivity index (χ0) is 31.7. The minimum absolute atomic E-state index is 0.0891. The zero-order valence-electron chi connectivity index (χ0n) is 22.0. The first-order valence-corrected chi connectivity index (χ1v) is 13.1. The Bertz CT molecular complexity index is 1520. The summed E-state index contributed by atoms with van der Waals surface area (Å²) >= 11 is 5.37. The van der Waals surface area contributed by atoms with Crippen molar-refractivity contribution in [3.63, 3.8) is 0 Å². The maximum atomic E-state index is 14.7. The molecule has 0 radical (unpaired) electrons. The number of aliphatic hydroxyl groups excluding tert-OH is 1. The van der Waals surface area contributed by atoms with Gasteiger partial charge in [0.15, 0.2) is 5.82 Å². The van der Waals surface area contributed by atoms with E-state index in [1.165, 1.54) is 6.92 Å². The molecule has 7 nitrogen and oxygen atoms in total. The maximum Gasteiger partial charge on any atom is 0.417 e. The van der Waals surface area contributed by atoms with E-state index in [1.807, 2.05) is 0 Å². The second kappa shape index (κ2) is 12.7. The molecule has 1 aromatic heterocycles. The molecule has 17 heteroatoms. The molecule has 0 aliphatic heterocycles. The molecule has 1 N–H and O–H groups in total. The van der Waals surface area contributed by atoms with Gasteiger partial charge in [0.1, 0.15) is 10.8 Å². The number of likely N-dealkylation sites (N-methyl/N-ethyl adjacent to an activating group) is 1. The number of alkyl halides is 6. The van der Waals surface area contributed by atoms with Crippen LogP contribution < -0.4 is 10.6 Å². The smallest absolute Gasteiger partial charge is 0.390 e. The Morgan fingerprint density at radius 3 is 2.26 bits per heavy atom. The van der Waals surface area contributed by atoms with Crippen LogP contribution in [0.4, 0.5) is 45.6 Å². The van der Waals surface area contributed by atoms with Crippen LogP contribution in [-0.4, -0.2) is 57.7 Å². The molecule has 42 heavy (non-hydrogen) atoms. The Kier molecular flexibility index (Phi) is 10.1. The van der Waals surface area contributed by atoms with Gasteiger partial charge in [0.25, 0.3) is 5.24 Å². The highest BCUT2D eigenvalue weighted by Gasteiger charge is 2.41. The van der Waals surface area contributed by atoms with Crippen LogP contribution in [0.3, 0.4) is 0 Å². The van der Waals surface area contributed by atoms with Gasteiger partial charge in [-0.1, -0.05) is 11.6 Å². The van der Waals surface area contributed by atoms with Crippen molar-refractivity contribution in [2.75, 3.05) is 32.1 Å². The highest BCUT2D eigenvalue weighted by Crippen LogP contribution is 2.45. The normalized spacial score (nSPS) is 13.1. The summed E-state index contributed by atoms with van der Waals surface area (Å²) in [7, 11) is 3.26. The van der Waals surface area contributed by atoms with E-state index in [2.05, 4.69) is 0 Å². The van der Waals surface area contributed by atoms with Crippen LogP contribution >= 0.6 is 23.4 Å². The lowest BCUT2D eigenvalue weighted by molar-refractivity contribution is -0.144. The summed E-state index contributed by atoms with van der Waals surface area (Å²) in [6, 6.07) is 1.62. The molecule has 1 heterocycles. The molecular weight excluding hydrogens is 624 g/mol. The molecule has 0 aliphatic carbocycles. The van der Waals surface area contributed by atoms with E-state index in [4.69, 9.17) is 11.6 Å². The second-order valence-electron chi connectivity index (χ2n) is 9.19. The molecule has 0 spiro atoms. The van der Waals surface area contributed by atoms with E-state index < -0.39 is 73.4 Å². The minimum atomic E-state index is -5.44. The molecular formula is C25H23ClF8N4O3S. The first-order valence-electron chi connectivity index (χ1n) is 11.9. The van der Waals surface area contributed by atoms with Gasteiger partial charge in [-0.05, 0) is 57.0 Å². The molecule has 2 aromatic carbocycles. The first kappa shape index (κ1) is 33.4. The quantitative estimate of drug-likeness (QED) is 0.178. The van der Waals surface area contributed by atoms with Crippen LogP contribution in [0.1, 0.15) is 18.1 Å². The van der Waals surface area contributed by atoms with E-state index >= 15 is 0 Å². The predicted octanol–water partition coefficient (Wildman–Crippen LogP) is 6.27. The number of hydrogen-bond donors (Lipinski definition) is 1. The van der Waals surface area contributed by atoms with Gasteiger partial charge in [-0.25, -0.2) is 13.6 Å². The lowest BCUT2D eigenvalue weighted by Crippen LogP contribution is -2.34. The third-order valence-corrected chi connectivity index (χ3v) is 7.20. The highest BCUT2D eigenvalue weighted by molar-refractivity contribution is 8.14. The Hall–Kier alpha value is -3.08. The van der Waals surface area contributed by atoms with Crippen molar-refractivity contribution in [3.8, 4) is 5.69 Å². The Balaban J connectivity index is 2.23. The number of rotatable bonds is 8. The number of carbonyl (C=O) groups is 1. The average Bonchev–Trinajstić information content (AvgIpc) is 3.22. The summed E-state index contributed by atoms with van der Waals surface area (Å²) in [5.41, 5.74) is -6.26. The van der Waals surface area contributed by atoms with E-state index in [1.54, 1.807) is 19.0 Å². The number of carbonyl (C=O) groups excluding carboxylic acids is 1. The van der Waals surface area contributed by atoms with Gasteiger partial charge in [0.2, 0.25) is 0 Å². The number of hydrogen-bond acceptors (Lipinski definition) is 5. The fraction of sp³-hybridized carbons (Fsp3) is 0.360. The molecule has 0 saturated carbocycles. The topological polar surface area (TPSA) is 70.7 Å². The largest absolute Gasteiger partial charge is 0.417 e. The average molecular weight is 647 g/mol. The number of aromatic nitrogens is 2. The number of amides is 1. The predicted molar refractivity (Wildman–Crippen MR) is 140 cm³/mol. The zero-order valence-corrected chi connectivity index (χ0v) is 23.6. The van der Waals surface area contributed by atoms with Gasteiger partial charge in [-0.2, -0.15) is 26.3 Å². The summed E-state index contributed by atoms with van der Waals surface area (Å²) in [5, 5.41) is 7.90. The third-order valence-electron chi connectivity index (χ3n) is 5.82. The molecule has 1 amide bonds. The number of benzene rings is 2. The number of thioether (sulfide) groups is 1. The van der Waals surface area contributed by atoms with Crippen molar-refractivity contribution < 1.29 is 45.0 Å². The van der Waals surface area contributed by atoms with E-state index in [9.17, 15) is 49.8 Å². The molecule has 1 unspecified atom stereocenters. The van der Waals surface area contributed by atoms with Crippen LogP contribution in [0.15, 0.2) is 46.3 Å². The van der Waals surface area contributed by atoms with Gasteiger partial charge in [0, 0.05) is 25.5 Å². The van der Waals surface area contributed by atoms with Crippen LogP contribution in [0.2, 0.25) is 5.02 Å². The minimum Gasteiger partial charge on any atom is -0.390 e.